The number of Topliss-reactive ketones (excluding diaryl/α,β-unsaturated/α-hetero) is 1. The van der Waals surface area contributed by atoms with Gasteiger partial charge in [0.2, 0.25) is 0 Å². The van der Waals surface area contributed by atoms with Crippen molar-refractivity contribution in [2.45, 2.75) is 6.92 Å². The van der Waals surface area contributed by atoms with Crippen LogP contribution in [0, 0.1) is 29.6 Å². The zero-order chi connectivity index (χ0) is 20.5. The first kappa shape index (κ1) is 18.2. The van der Waals surface area contributed by atoms with Crippen molar-refractivity contribution in [3.63, 3.8) is 0 Å². The maximum absolute atomic E-state index is 13.2. The average molecular weight is 375 g/mol. The smallest absolute Gasteiger partial charge is 0.196 e. The number of carbonyl (C=O) groups is 1. The number of hydrogen-bond acceptors (Lipinski definition) is 4. The van der Waals surface area contributed by atoms with Gasteiger partial charge in [-0.05, 0) is 59.0 Å². The van der Waals surface area contributed by atoms with E-state index in [2.05, 4.69) is 11.4 Å². The summed E-state index contributed by atoms with van der Waals surface area (Å²) in [5, 5.41) is 21.9. The molecular weight excluding hydrogens is 358 g/mol. The van der Waals surface area contributed by atoms with Crippen molar-refractivity contribution in [3.8, 4) is 34.4 Å². The fourth-order valence-electron chi connectivity index (χ4n) is 3.74. The Morgan fingerprint density at radius 2 is 1.52 bits per heavy atom. The number of aryl methyl sites for hydroxylation is 1. The second-order valence-electron chi connectivity index (χ2n) is 6.94. The summed E-state index contributed by atoms with van der Waals surface area (Å²) in [7, 11) is 1.87. The minimum Gasteiger partial charge on any atom is -0.388 e. The topological polar surface area (TPSA) is 76.7 Å². The summed E-state index contributed by atoms with van der Waals surface area (Å²) in [6.45, 7) is 1.98. The van der Waals surface area contributed by atoms with E-state index in [1.165, 1.54) is 0 Å². The van der Waals surface area contributed by atoms with Crippen LogP contribution in [-0.4, -0.2) is 12.8 Å². The van der Waals surface area contributed by atoms with Gasteiger partial charge in [0.05, 0.1) is 5.57 Å². The third-order valence-electron chi connectivity index (χ3n) is 5.18. The fraction of sp³-hybridized carbons (Fsp3) is 0.0800. The van der Waals surface area contributed by atoms with Gasteiger partial charge >= 0.3 is 0 Å². The van der Waals surface area contributed by atoms with Gasteiger partial charge in [-0.25, -0.2) is 0 Å². The standard InChI is InChI=1S/C25H17N3O/c1-15-6-8-20-22(10-15)23-12-17(16-4-3-5-19(11-16)28-2)7-9-21(23)25(29)24(20)18(13-26)14-27/h3-12,28H,1-2H3. The molecule has 3 aromatic carbocycles. The normalized spacial score (nSPS) is 11.7. The number of ketones is 1. The summed E-state index contributed by atoms with van der Waals surface area (Å²) in [5.41, 5.74) is 6.93. The molecule has 4 nitrogen and oxygen atoms in total. The molecule has 1 aliphatic carbocycles. The molecule has 0 saturated heterocycles. The number of rotatable bonds is 2. The Hall–Kier alpha value is -4.15. The van der Waals surface area contributed by atoms with Crippen molar-refractivity contribution in [3.05, 3.63) is 82.9 Å². The lowest BCUT2D eigenvalue weighted by molar-refractivity contribution is 0.105. The van der Waals surface area contributed by atoms with Gasteiger partial charge in [0.1, 0.15) is 17.7 Å². The van der Waals surface area contributed by atoms with Gasteiger partial charge in [0, 0.05) is 18.3 Å². The number of fused-ring (bicyclic) bond motifs is 3. The number of anilines is 1. The number of nitrogens with zero attached hydrogens (tertiary/aromatic N) is 2. The van der Waals surface area contributed by atoms with E-state index >= 15 is 0 Å². The van der Waals surface area contributed by atoms with Crippen LogP contribution >= 0.6 is 0 Å². The molecule has 0 bridgehead atoms. The molecule has 0 atom stereocenters. The Labute approximate surface area is 169 Å². The number of carbonyl (C=O) groups excluding carboxylic acids is 1. The Bertz CT molecular complexity index is 1270. The predicted octanol–water partition coefficient (Wildman–Crippen LogP) is 5.37. The van der Waals surface area contributed by atoms with Crippen LogP contribution in [0.25, 0.3) is 27.8 Å². The van der Waals surface area contributed by atoms with Gasteiger partial charge in [-0.3, -0.25) is 4.79 Å². The van der Waals surface area contributed by atoms with Crippen molar-refractivity contribution in [2.24, 2.45) is 0 Å². The molecule has 1 aliphatic rings. The van der Waals surface area contributed by atoms with E-state index in [1.807, 2.05) is 74.6 Å². The number of nitrogens with one attached hydrogen (secondary N) is 1. The largest absolute Gasteiger partial charge is 0.388 e. The lowest BCUT2D eigenvalue weighted by atomic mass is 9.78. The number of hydrogen-bond donors (Lipinski definition) is 1. The van der Waals surface area contributed by atoms with Crippen LogP contribution < -0.4 is 5.32 Å². The van der Waals surface area contributed by atoms with Crippen LogP contribution in [-0.2, 0) is 0 Å². The number of nitriles is 2. The summed E-state index contributed by atoms with van der Waals surface area (Å²) in [5.74, 6) is -0.287. The molecule has 0 heterocycles. The van der Waals surface area contributed by atoms with Gasteiger partial charge in [-0.1, -0.05) is 42.0 Å². The first-order valence-electron chi connectivity index (χ1n) is 9.20. The maximum atomic E-state index is 13.2. The Morgan fingerprint density at radius 3 is 2.24 bits per heavy atom. The summed E-state index contributed by atoms with van der Waals surface area (Å²) < 4.78 is 0. The lowest BCUT2D eigenvalue weighted by Crippen LogP contribution is -2.13. The van der Waals surface area contributed by atoms with Gasteiger partial charge in [0.25, 0.3) is 0 Å². The first-order valence-corrected chi connectivity index (χ1v) is 9.20. The third-order valence-corrected chi connectivity index (χ3v) is 5.18. The van der Waals surface area contributed by atoms with Crippen LogP contribution in [0.2, 0.25) is 0 Å². The van der Waals surface area contributed by atoms with Crippen molar-refractivity contribution >= 4 is 17.0 Å². The van der Waals surface area contributed by atoms with Gasteiger partial charge < -0.3 is 5.32 Å². The van der Waals surface area contributed by atoms with Crippen molar-refractivity contribution in [1.29, 1.82) is 10.5 Å². The Balaban J connectivity index is 2.00. The molecule has 0 fully saturated rings. The van der Waals surface area contributed by atoms with E-state index in [4.69, 9.17) is 0 Å². The van der Waals surface area contributed by atoms with E-state index < -0.39 is 0 Å². The molecule has 0 radical (unpaired) electrons. The Kier molecular flexibility index (Phi) is 4.47. The summed E-state index contributed by atoms with van der Waals surface area (Å²) >= 11 is 0. The van der Waals surface area contributed by atoms with Crippen LogP contribution in [0.15, 0.2) is 66.2 Å². The number of allylic oxidation sites excluding steroid dienone is 2. The maximum Gasteiger partial charge on any atom is 0.196 e. The molecule has 0 aliphatic heterocycles. The van der Waals surface area contributed by atoms with Gasteiger partial charge in [-0.15, -0.1) is 0 Å². The van der Waals surface area contributed by atoms with Crippen LogP contribution in [0.3, 0.4) is 0 Å². The minimum absolute atomic E-state index is 0.156. The van der Waals surface area contributed by atoms with Gasteiger partial charge in [-0.2, -0.15) is 10.5 Å². The van der Waals surface area contributed by atoms with Crippen LogP contribution in [0.5, 0.6) is 0 Å². The van der Waals surface area contributed by atoms with E-state index in [-0.39, 0.29) is 16.9 Å². The summed E-state index contributed by atoms with van der Waals surface area (Å²) in [4.78, 5) is 13.2. The summed E-state index contributed by atoms with van der Waals surface area (Å²) in [6.07, 6.45) is 0. The van der Waals surface area contributed by atoms with E-state index in [0.29, 0.717) is 11.1 Å². The Morgan fingerprint density at radius 1 is 0.828 bits per heavy atom. The van der Waals surface area contributed by atoms with Crippen LogP contribution in [0.4, 0.5) is 5.69 Å². The molecule has 0 unspecified atom stereocenters. The predicted molar refractivity (Wildman–Crippen MR) is 114 cm³/mol. The van der Waals surface area contributed by atoms with Crippen molar-refractivity contribution in [1.82, 2.24) is 0 Å². The molecule has 0 saturated carbocycles. The van der Waals surface area contributed by atoms with E-state index in [9.17, 15) is 15.3 Å². The molecule has 4 heteroatoms. The second kappa shape index (κ2) is 7.11. The molecular formula is C25H17N3O. The highest BCUT2D eigenvalue weighted by atomic mass is 16.1. The highest BCUT2D eigenvalue weighted by Gasteiger charge is 2.30. The molecule has 138 valence electrons. The molecule has 3 aromatic rings. The fourth-order valence-corrected chi connectivity index (χ4v) is 3.74. The zero-order valence-corrected chi connectivity index (χ0v) is 16.1. The molecule has 0 aromatic heterocycles. The SMILES string of the molecule is CNc1cccc(-c2ccc3c(c2)-c2cc(C)ccc2C(=C(C#N)C#N)C3=O)c1. The highest BCUT2D eigenvalue weighted by molar-refractivity contribution is 6.36. The summed E-state index contributed by atoms with van der Waals surface area (Å²) in [6, 6.07) is 23.2. The second-order valence-corrected chi connectivity index (χ2v) is 6.94. The number of benzene rings is 3. The zero-order valence-electron chi connectivity index (χ0n) is 16.1. The van der Waals surface area contributed by atoms with E-state index in [0.717, 1.165) is 33.5 Å². The molecule has 0 amide bonds. The lowest BCUT2D eigenvalue weighted by Gasteiger charge is -2.23. The first-order chi connectivity index (χ1) is 14.1. The quantitative estimate of drug-likeness (QED) is 0.483. The molecule has 29 heavy (non-hydrogen) atoms. The minimum atomic E-state index is -0.287. The van der Waals surface area contributed by atoms with E-state index in [1.54, 1.807) is 6.07 Å². The van der Waals surface area contributed by atoms with Gasteiger partial charge in [0.15, 0.2) is 5.78 Å². The third kappa shape index (κ3) is 2.98. The molecule has 4 rings (SSSR count). The average Bonchev–Trinajstić information content (AvgIpc) is 2.76. The molecule has 0 spiro atoms. The molecule has 1 N–H and O–H groups in total. The van der Waals surface area contributed by atoms with Crippen LogP contribution in [0.1, 0.15) is 21.5 Å². The van der Waals surface area contributed by atoms with Crippen molar-refractivity contribution < 1.29 is 4.79 Å². The van der Waals surface area contributed by atoms with Crippen molar-refractivity contribution in [2.75, 3.05) is 12.4 Å². The highest BCUT2D eigenvalue weighted by Crippen LogP contribution is 2.42. The monoisotopic (exact) mass is 375 g/mol.